The van der Waals surface area contributed by atoms with Crippen LogP contribution in [0.25, 0.3) is 0 Å². The maximum absolute atomic E-state index is 12.9. The van der Waals surface area contributed by atoms with Gasteiger partial charge in [-0.05, 0) is 49.7 Å². The average molecular weight is 375 g/mol. The minimum atomic E-state index is -0.0332. The van der Waals surface area contributed by atoms with E-state index in [0.29, 0.717) is 25.3 Å². The van der Waals surface area contributed by atoms with E-state index in [0.717, 1.165) is 22.7 Å². The van der Waals surface area contributed by atoms with Gasteiger partial charge in [-0.2, -0.15) is 0 Å². The highest BCUT2D eigenvalue weighted by Gasteiger charge is 2.15. The fourth-order valence-electron chi connectivity index (χ4n) is 2.91. The van der Waals surface area contributed by atoms with Crippen LogP contribution in [0.3, 0.4) is 0 Å². The normalized spacial score (nSPS) is 10.4. The van der Waals surface area contributed by atoms with E-state index in [4.69, 9.17) is 4.74 Å². The minimum Gasteiger partial charge on any atom is -0.494 e. The predicted octanol–water partition coefficient (Wildman–Crippen LogP) is 4.89. The second-order valence-corrected chi connectivity index (χ2v) is 6.35. The number of ether oxygens (including phenoxy) is 1. The number of anilines is 2. The van der Waals surface area contributed by atoms with Crippen molar-refractivity contribution in [1.29, 1.82) is 0 Å². The number of carbonyl (C=O) groups is 1. The van der Waals surface area contributed by atoms with Crippen molar-refractivity contribution in [2.45, 2.75) is 20.4 Å². The number of pyridine rings is 1. The van der Waals surface area contributed by atoms with Gasteiger partial charge in [0.15, 0.2) is 0 Å². The first-order valence-electron chi connectivity index (χ1n) is 9.47. The van der Waals surface area contributed by atoms with E-state index >= 15 is 0 Å². The summed E-state index contributed by atoms with van der Waals surface area (Å²) in [6.45, 7) is 5.78. The standard InChI is InChI=1S/C23H25N3O2/c1-3-26(17-18-8-6-5-7-9-18)23(27)19-14-21(16-24-15-19)25-20-10-12-22(13-11-20)28-4-2/h5-16,25H,3-4,17H2,1-2H3. The summed E-state index contributed by atoms with van der Waals surface area (Å²) in [6.07, 6.45) is 3.32. The smallest absolute Gasteiger partial charge is 0.255 e. The number of amides is 1. The van der Waals surface area contributed by atoms with Crippen LogP contribution < -0.4 is 10.1 Å². The Morgan fingerprint density at radius 3 is 2.43 bits per heavy atom. The third-order valence-corrected chi connectivity index (χ3v) is 4.32. The highest BCUT2D eigenvalue weighted by atomic mass is 16.5. The number of nitrogens with zero attached hydrogens (tertiary/aromatic N) is 2. The van der Waals surface area contributed by atoms with Gasteiger partial charge in [0.05, 0.1) is 24.1 Å². The van der Waals surface area contributed by atoms with Crippen molar-refractivity contribution in [2.75, 3.05) is 18.5 Å². The lowest BCUT2D eigenvalue weighted by atomic mass is 10.2. The average Bonchev–Trinajstić information content (AvgIpc) is 2.74. The Balaban J connectivity index is 1.71. The molecule has 28 heavy (non-hydrogen) atoms. The second kappa shape index (κ2) is 9.55. The number of hydrogen-bond donors (Lipinski definition) is 1. The summed E-state index contributed by atoms with van der Waals surface area (Å²) in [5, 5.41) is 3.29. The van der Waals surface area contributed by atoms with Crippen LogP contribution >= 0.6 is 0 Å². The zero-order valence-corrected chi connectivity index (χ0v) is 16.3. The predicted molar refractivity (Wildman–Crippen MR) is 112 cm³/mol. The van der Waals surface area contributed by atoms with Gasteiger partial charge in [-0.1, -0.05) is 30.3 Å². The SMILES string of the molecule is CCOc1ccc(Nc2cncc(C(=O)N(CC)Cc3ccccc3)c2)cc1. The van der Waals surface area contributed by atoms with E-state index in [9.17, 15) is 4.79 Å². The fourth-order valence-corrected chi connectivity index (χ4v) is 2.91. The zero-order chi connectivity index (χ0) is 19.8. The second-order valence-electron chi connectivity index (χ2n) is 6.35. The maximum Gasteiger partial charge on any atom is 0.255 e. The van der Waals surface area contributed by atoms with Crippen LogP contribution in [0, 0.1) is 0 Å². The van der Waals surface area contributed by atoms with Gasteiger partial charge in [0.1, 0.15) is 5.75 Å². The Hall–Kier alpha value is -3.34. The van der Waals surface area contributed by atoms with Crippen molar-refractivity contribution < 1.29 is 9.53 Å². The zero-order valence-electron chi connectivity index (χ0n) is 16.3. The van der Waals surface area contributed by atoms with Gasteiger partial charge in [0, 0.05) is 25.0 Å². The molecule has 0 aliphatic carbocycles. The number of aromatic nitrogens is 1. The molecule has 144 valence electrons. The largest absolute Gasteiger partial charge is 0.494 e. The maximum atomic E-state index is 12.9. The molecule has 0 aliphatic rings. The third-order valence-electron chi connectivity index (χ3n) is 4.32. The Labute approximate surface area is 166 Å². The fraction of sp³-hybridized carbons (Fsp3) is 0.217. The van der Waals surface area contributed by atoms with Crippen LogP contribution in [0.4, 0.5) is 11.4 Å². The molecule has 0 unspecified atom stereocenters. The lowest BCUT2D eigenvalue weighted by molar-refractivity contribution is 0.0752. The van der Waals surface area contributed by atoms with Gasteiger partial charge in [0.2, 0.25) is 0 Å². The summed E-state index contributed by atoms with van der Waals surface area (Å²) in [5.41, 5.74) is 3.35. The molecule has 0 saturated carbocycles. The number of benzene rings is 2. The van der Waals surface area contributed by atoms with Crippen molar-refractivity contribution in [3.05, 3.63) is 84.2 Å². The van der Waals surface area contributed by atoms with E-state index in [2.05, 4.69) is 10.3 Å². The van der Waals surface area contributed by atoms with E-state index in [-0.39, 0.29) is 5.91 Å². The molecule has 3 aromatic rings. The Morgan fingerprint density at radius 2 is 1.75 bits per heavy atom. The molecule has 3 rings (SSSR count). The Morgan fingerprint density at radius 1 is 1.00 bits per heavy atom. The highest BCUT2D eigenvalue weighted by molar-refractivity contribution is 5.94. The molecule has 2 aromatic carbocycles. The van der Waals surface area contributed by atoms with Gasteiger partial charge < -0.3 is 15.0 Å². The van der Waals surface area contributed by atoms with E-state index in [1.54, 1.807) is 12.4 Å². The minimum absolute atomic E-state index is 0.0332. The molecule has 1 N–H and O–H groups in total. The first-order chi connectivity index (χ1) is 13.7. The molecular weight excluding hydrogens is 350 g/mol. The van der Waals surface area contributed by atoms with Crippen molar-refractivity contribution in [3.8, 4) is 5.75 Å². The van der Waals surface area contributed by atoms with Crippen molar-refractivity contribution in [3.63, 3.8) is 0 Å². The van der Waals surface area contributed by atoms with Crippen LogP contribution in [0.5, 0.6) is 5.75 Å². The monoisotopic (exact) mass is 375 g/mol. The summed E-state index contributed by atoms with van der Waals surface area (Å²) >= 11 is 0. The van der Waals surface area contributed by atoms with E-state index in [1.807, 2.05) is 79.4 Å². The summed E-state index contributed by atoms with van der Waals surface area (Å²) in [5.74, 6) is 0.795. The molecule has 1 heterocycles. The first-order valence-corrected chi connectivity index (χ1v) is 9.47. The molecule has 0 spiro atoms. The molecule has 0 saturated heterocycles. The van der Waals surface area contributed by atoms with Crippen LogP contribution in [-0.2, 0) is 6.54 Å². The van der Waals surface area contributed by atoms with Gasteiger partial charge in [-0.3, -0.25) is 9.78 Å². The summed E-state index contributed by atoms with van der Waals surface area (Å²) in [7, 11) is 0. The van der Waals surface area contributed by atoms with Gasteiger partial charge in [0.25, 0.3) is 5.91 Å². The van der Waals surface area contributed by atoms with Gasteiger partial charge >= 0.3 is 0 Å². The van der Waals surface area contributed by atoms with Gasteiger partial charge in [-0.25, -0.2) is 0 Å². The topological polar surface area (TPSA) is 54.5 Å². The third kappa shape index (κ3) is 5.10. The Bertz CT molecular complexity index is 895. The lowest BCUT2D eigenvalue weighted by Gasteiger charge is -2.21. The highest BCUT2D eigenvalue weighted by Crippen LogP contribution is 2.21. The lowest BCUT2D eigenvalue weighted by Crippen LogP contribution is -2.30. The van der Waals surface area contributed by atoms with E-state index < -0.39 is 0 Å². The number of carbonyl (C=O) groups excluding carboxylic acids is 1. The molecule has 0 aliphatic heterocycles. The van der Waals surface area contributed by atoms with Crippen LogP contribution in [0.15, 0.2) is 73.1 Å². The van der Waals surface area contributed by atoms with Crippen molar-refractivity contribution in [2.24, 2.45) is 0 Å². The molecule has 1 aromatic heterocycles. The van der Waals surface area contributed by atoms with Crippen LogP contribution in [0.1, 0.15) is 29.8 Å². The first kappa shape index (κ1) is 19.4. The van der Waals surface area contributed by atoms with Gasteiger partial charge in [-0.15, -0.1) is 0 Å². The number of rotatable bonds is 8. The molecular formula is C23H25N3O2. The molecule has 0 bridgehead atoms. The number of hydrogen-bond acceptors (Lipinski definition) is 4. The molecule has 1 amide bonds. The quantitative estimate of drug-likeness (QED) is 0.609. The molecule has 5 nitrogen and oxygen atoms in total. The molecule has 5 heteroatoms. The summed E-state index contributed by atoms with van der Waals surface area (Å²) in [4.78, 5) is 19.0. The summed E-state index contributed by atoms with van der Waals surface area (Å²) in [6, 6.07) is 19.5. The van der Waals surface area contributed by atoms with Crippen LogP contribution in [0.2, 0.25) is 0 Å². The van der Waals surface area contributed by atoms with Crippen molar-refractivity contribution >= 4 is 17.3 Å². The molecule has 0 radical (unpaired) electrons. The van der Waals surface area contributed by atoms with E-state index in [1.165, 1.54) is 0 Å². The van der Waals surface area contributed by atoms with Crippen molar-refractivity contribution in [1.82, 2.24) is 9.88 Å². The summed E-state index contributed by atoms with van der Waals surface area (Å²) < 4.78 is 5.46. The molecule has 0 atom stereocenters. The molecule has 0 fully saturated rings. The Kier molecular flexibility index (Phi) is 6.63. The number of nitrogens with one attached hydrogen (secondary N) is 1. The van der Waals surface area contributed by atoms with Crippen LogP contribution in [-0.4, -0.2) is 28.9 Å².